The molecule has 4 heteroatoms. The second-order valence-electron chi connectivity index (χ2n) is 6.26. The molecule has 1 amide bonds. The van der Waals surface area contributed by atoms with Crippen LogP contribution in [0.4, 0.5) is 0 Å². The summed E-state index contributed by atoms with van der Waals surface area (Å²) >= 11 is 0. The van der Waals surface area contributed by atoms with E-state index in [1.807, 2.05) is 24.3 Å². The Morgan fingerprint density at radius 1 is 1.10 bits per heavy atom. The van der Waals surface area contributed by atoms with Gasteiger partial charge in [-0.1, -0.05) is 45.0 Å². The van der Waals surface area contributed by atoms with Gasteiger partial charge in [0.2, 0.25) is 5.91 Å². The average Bonchev–Trinajstić information content (AvgIpc) is 2.64. The van der Waals surface area contributed by atoms with Gasteiger partial charge in [-0.25, -0.2) is 0 Å². The minimum atomic E-state index is -1.15. The lowest BCUT2D eigenvalue weighted by Crippen LogP contribution is -2.25. The van der Waals surface area contributed by atoms with Crippen molar-refractivity contribution >= 4 is 17.5 Å². The van der Waals surface area contributed by atoms with E-state index >= 15 is 0 Å². The summed E-state index contributed by atoms with van der Waals surface area (Å²) in [7, 11) is 0. The molecule has 0 aliphatic carbocycles. The largest absolute Gasteiger partial charge is 0.341 e. The lowest BCUT2D eigenvalue weighted by Gasteiger charge is -2.20. The van der Waals surface area contributed by atoms with Crippen molar-refractivity contribution in [2.45, 2.75) is 39.2 Å². The van der Waals surface area contributed by atoms with Crippen LogP contribution in [0.1, 0.15) is 44.9 Å². The first-order chi connectivity index (χ1) is 9.21. The summed E-state index contributed by atoms with van der Waals surface area (Å²) in [6.07, 6.45) is 0. The van der Waals surface area contributed by atoms with Gasteiger partial charge >= 0.3 is 0 Å². The fraction of sp³-hybridized carbons (Fsp3) is 0.438. The quantitative estimate of drug-likeness (QED) is 0.837. The summed E-state index contributed by atoms with van der Waals surface area (Å²) in [5.41, 5.74) is 1.91. The second-order valence-corrected chi connectivity index (χ2v) is 6.26. The predicted molar refractivity (Wildman–Crippen MR) is 75.2 cm³/mol. The number of Topliss-reactive ketones (excluding diaryl/α,β-unsaturated/α-hetero) is 2. The van der Waals surface area contributed by atoms with Gasteiger partial charge in [0.15, 0.2) is 11.7 Å². The highest BCUT2D eigenvalue weighted by Gasteiger charge is 2.44. The van der Waals surface area contributed by atoms with Crippen molar-refractivity contribution in [3.05, 3.63) is 35.4 Å². The lowest BCUT2D eigenvalue weighted by molar-refractivity contribution is -0.135. The van der Waals surface area contributed by atoms with E-state index in [0.29, 0.717) is 0 Å². The molecule has 0 radical (unpaired) electrons. The third-order valence-electron chi connectivity index (χ3n) is 3.63. The van der Waals surface area contributed by atoms with Crippen LogP contribution in [0.15, 0.2) is 24.3 Å². The first-order valence-corrected chi connectivity index (χ1v) is 6.67. The van der Waals surface area contributed by atoms with Crippen LogP contribution in [0.2, 0.25) is 0 Å². The van der Waals surface area contributed by atoms with Gasteiger partial charge in [0.05, 0.1) is 0 Å². The molecule has 0 bridgehead atoms. The summed E-state index contributed by atoms with van der Waals surface area (Å²) < 4.78 is 0. The van der Waals surface area contributed by atoms with Crippen molar-refractivity contribution in [2.75, 3.05) is 0 Å². The van der Waals surface area contributed by atoms with E-state index in [1.54, 1.807) is 0 Å². The highest BCUT2D eigenvalue weighted by molar-refractivity contribution is 6.23. The Morgan fingerprint density at radius 2 is 1.65 bits per heavy atom. The van der Waals surface area contributed by atoms with Crippen molar-refractivity contribution in [1.82, 2.24) is 5.32 Å². The summed E-state index contributed by atoms with van der Waals surface area (Å²) in [6.45, 7) is 7.59. The number of hydrogen-bond donors (Lipinski definition) is 1. The number of carbonyl (C=O) groups is 3. The maximum Gasteiger partial charge on any atom is 0.239 e. The molecule has 0 aromatic heterocycles. The summed E-state index contributed by atoms with van der Waals surface area (Å²) in [5, 5.41) is 2.60. The maximum absolute atomic E-state index is 12.1. The standard InChI is InChI=1S/C16H19NO3/c1-9(18)12-14(19)13(17-15(12)20)10-5-7-11(8-6-10)16(2,3)4/h5-8,12-13H,1-4H3,(H,17,20). The van der Waals surface area contributed by atoms with Gasteiger partial charge in [-0.05, 0) is 23.5 Å². The van der Waals surface area contributed by atoms with Gasteiger partial charge in [0.1, 0.15) is 11.8 Å². The van der Waals surface area contributed by atoms with Crippen molar-refractivity contribution in [1.29, 1.82) is 0 Å². The van der Waals surface area contributed by atoms with Crippen molar-refractivity contribution in [3.63, 3.8) is 0 Å². The molecule has 1 aromatic carbocycles. The van der Waals surface area contributed by atoms with Gasteiger partial charge < -0.3 is 5.32 Å². The molecule has 1 saturated heterocycles. The topological polar surface area (TPSA) is 63.2 Å². The highest BCUT2D eigenvalue weighted by atomic mass is 16.2. The Hall–Kier alpha value is -1.97. The molecule has 1 N–H and O–H groups in total. The summed E-state index contributed by atoms with van der Waals surface area (Å²) in [6, 6.07) is 6.88. The van der Waals surface area contributed by atoms with E-state index in [-0.39, 0.29) is 11.2 Å². The second kappa shape index (κ2) is 4.85. The Bertz CT molecular complexity index is 566. The molecule has 20 heavy (non-hydrogen) atoms. The monoisotopic (exact) mass is 273 g/mol. The predicted octanol–water partition coefficient (Wildman–Crippen LogP) is 1.93. The Labute approximate surface area is 118 Å². The number of rotatable bonds is 2. The molecule has 1 aliphatic rings. The molecule has 0 saturated carbocycles. The summed E-state index contributed by atoms with van der Waals surface area (Å²) in [5.74, 6) is -2.40. The fourth-order valence-corrected chi connectivity index (χ4v) is 2.40. The molecule has 106 valence electrons. The zero-order valence-electron chi connectivity index (χ0n) is 12.2. The van der Waals surface area contributed by atoms with E-state index in [4.69, 9.17) is 0 Å². The van der Waals surface area contributed by atoms with Crippen LogP contribution in [-0.2, 0) is 19.8 Å². The molecule has 1 heterocycles. The molecule has 1 aliphatic heterocycles. The van der Waals surface area contributed by atoms with Crippen molar-refractivity contribution < 1.29 is 14.4 Å². The maximum atomic E-state index is 12.1. The van der Waals surface area contributed by atoms with E-state index in [0.717, 1.165) is 11.1 Å². The van der Waals surface area contributed by atoms with Crippen LogP contribution in [0, 0.1) is 5.92 Å². The number of nitrogens with one attached hydrogen (secondary N) is 1. The fourth-order valence-electron chi connectivity index (χ4n) is 2.40. The van der Waals surface area contributed by atoms with Gasteiger partial charge in [-0.3, -0.25) is 14.4 Å². The smallest absolute Gasteiger partial charge is 0.239 e. The summed E-state index contributed by atoms with van der Waals surface area (Å²) in [4.78, 5) is 35.2. The third-order valence-corrected chi connectivity index (χ3v) is 3.63. The molecule has 1 aromatic rings. The number of amides is 1. The van der Waals surface area contributed by atoms with Crippen LogP contribution in [0.3, 0.4) is 0 Å². The molecule has 4 nitrogen and oxygen atoms in total. The molecular formula is C16H19NO3. The highest BCUT2D eigenvalue weighted by Crippen LogP contribution is 2.28. The average molecular weight is 273 g/mol. The SMILES string of the molecule is CC(=O)C1C(=O)NC(c2ccc(C(C)(C)C)cc2)C1=O. The Kier molecular flexibility index (Phi) is 3.50. The molecule has 2 atom stereocenters. The first kappa shape index (κ1) is 14.4. The van der Waals surface area contributed by atoms with E-state index in [9.17, 15) is 14.4 Å². The Balaban J connectivity index is 2.28. The van der Waals surface area contributed by atoms with Gasteiger partial charge in [0, 0.05) is 0 Å². The normalized spacial score (nSPS) is 22.8. The number of hydrogen-bond acceptors (Lipinski definition) is 3. The number of carbonyl (C=O) groups excluding carboxylic acids is 3. The van der Waals surface area contributed by atoms with Crippen LogP contribution < -0.4 is 5.32 Å². The zero-order valence-corrected chi connectivity index (χ0v) is 12.2. The number of benzene rings is 1. The lowest BCUT2D eigenvalue weighted by atomic mass is 9.86. The molecule has 1 fully saturated rings. The van der Waals surface area contributed by atoms with Gasteiger partial charge in [-0.15, -0.1) is 0 Å². The van der Waals surface area contributed by atoms with Crippen LogP contribution in [-0.4, -0.2) is 17.5 Å². The minimum absolute atomic E-state index is 0.0311. The molecule has 2 rings (SSSR count). The van der Waals surface area contributed by atoms with Crippen LogP contribution >= 0.6 is 0 Å². The van der Waals surface area contributed by atoms with Crippen molar-refractivity contribution in [3.8, 4) is 0 Å². The molecule has 0 spiro atoms. The minimum Gasteiger partial charge on any atom is -0.341 e. The molecular weight excluding hydrogens is 254 g/mol. The first-order valence-electron chi connectivity index (χ1n) is 6.67. The number of ketones is 2. The van der Waals surface area contributed by atoms with E-state index < -0.39 is 23.7 Å². The van der Waals surface area contributed by atoms with Crippen LogP contribution in [0.25, 0.3) is 0 Å². The third kappa shape index (κ3) is 2.50. The van der Waals surface area contributed by atoms with Gasteiger partial charge in [-0.2, -0.15) is 0 Å². The van der Waals surface area contributed by atoms with Crippen molar-refractivity contribution in [2.24, 2.45) is 5.92 Å². The molecule has 2 unspecified atom stereocenters. The van der Waals surface area contributed by atoms with Crippen LogP contribution in [0.5, 0.6) is 0 Å². The van der Waals surface area contributed by atoms with Gasteiger partial charge in [0.25, 0.3) is 0 Å². The Morgan fingerprint density at radius 3 is 2.05 bits per heavy atom. The zero-order chi connectivity index (χ0) is 15.1. The van der Waals surface area contributed by atoms with E-state index in [2.05, 4.69) is 26.1 Å². The van der Waals surface area contributed by atoms with E-state index in [1.165, 1.54) is 6.92 Å².